The summed E-state index contributed by atoms with van der Waals surface area (Å²) in [4.78, 5) is 40.8. The van der Waals surface area contributed by atoms with E-state index < -0.39 is 32.2 Å². The number of anilines is 1. The average Bonchev–Trinajstić information content (AvgIpc) is 3.97. The van der Waals surface area contributed by atoms with Gasteiger partial charge in [0, 0.05) is 85.1 Å². The van der Waals surface area contributed by atoms with Crippen LogP contribution >= 0.6 is 0 Å². The van der Waals surface area contributed by atoms with Crippen molar-refractivity contribution >= 4 is 57.3 Å². The Labute approximate surface area is 507 Å². The van der Waals surface area contributed by atoms with Crippen molar-refractivity contribution in [2.24, 2.45) is 20.5 Å². The molecule has 0 unspecified atom stereocenters. The predicted octanol–water partition coefficient (Wildman–Crippen LogP) is 9.97. The molecule has 0 bridgehead atoms. The molecule has 0 saturated heterocycles. The summed E-state index contributed by atoms with van der Waals surface area (Å²) in [6, 6.07) is 27.3. The quantitative estimate of drug-likeness (QED) is 0.0259. The zero-order chi connectivity index (χ0) is 63.8. The van der Waals surface area contributed by atoms with Gasteiger partial charge in [-0.1, -0.05) is 90.8 Å². The Bertz CT molecular complexity index is 3570. The molecule has 1 aliphatic rings. The summed E-state index contributed by atoms with van der Waals surface area (Å²) in [5.74, 6) is -1.19. The van der Waals surface area contributed by atoms with Crippen LogP contribution in [0.1, 0.15) is 114 Å². The average molecular weight is 1240 g/mol. The minimum atomic E-state index is -4.94. The Morgan fingerprint density at radius 1 is 0.753 bits per heavy atom. The molecule has 4 aromatic carbocycles. The van der Waals surface area contributed by atoms with Crippen LogP contribution in [0.25, 0.3) is 10.9 Å². The van der Waals surface area contributed by atoms with Crippen molar-refractivity contribution in [2.45, 2.75) is 120 Å². The third-order valence-electron chi connectivity index (χ3n) is 12.6. The van der Waals surface area contributed by atoms with Crippen LogP contribution in [0, 0.1) is 59.0 Å². The van der Waals surface area contributed by atoms with Crippen molar-refractivity contribution in [1.29, 1.82) is 5.26 Å². The summed E-state index contributed by atoms with van der Waals surface area (Å²) in [6.45, 7) is 29.0. The number of halogens is 1. The summed E-state index contributed by atoms with van der Waals surface area (Å²) in [5.41, 5.74) is 6.04. The Kier molecular flexibility index (Phi) is 30.5. The van der Waals surface area contributed by atoms with Crippen LogP contribution in [0.3, 0.4) is 0 Å². The maximum Gasteiger partial charge on any atom is 0.281 e. The van der Waals surface area contributed by atoms with Crippen molar-refractivity contribution in [1.82, 2.24) is 9.13 Å². The zero-order valence-corrected chi connectivity index (χ0v) is 52.0. The zero-order valence-electron chi connectivity index (χ0n) is 50.2. The van der Waals surface area contributed by atoms with Gasteiger partial charge in [-0.2, -0.15) is 9.84 Å². The molecule has 1 aliphatic heterocycles. The van der Waals surface area contributed by atoms with Gasteiger partial charge in [-0.15, -0.1) is 30.7 Å². The number of hydrogen-bond donors (Lipinski definition) is 4. The summed E-state index contributed by atoms with van der Waals surface area (Å²) < 4.78 is 38.5. The van der Waals surface area contributed by atoms with E-state index in [0.29, 0.717) is 12.8 Å². The SMILES string of the molecule is CC.CC.CCCCn1c(O)c(C#N)c(C)c(N=Nc2cc(C)ccc2O)c1=O.CN(C)c1ccc(C=CC2=[N+](C)c3ccccc3C2(C)C)cc1.[C-]#[N+]c1c(C)c(N=Nc2cc([N+](=O)[O-])ccc2O)c(=O)n(CCCC)c1O.[Co].[O-][Cl+3]([O-])([O-])[O-]. The molecule has 0 atom stereocenters. The third-order valence-corrected chi connectivity index (χ3v) is 12.6. The number of aromatic nitrogens is 2. The van der Waals surface area contributed by atoms with E-state index in [0.717, 1.165) is 45.7 Å². The number of non-ortho nitro benzene ring substituents is 1. The topological polar surface area (TPSA) is 344 Å². The fraction of sp³-hybridized carbons (Fsp3) is 0.350. The van der Waals surface area contributed by atoms with E-state index in [-0.39, 0.29) is 103 Å². The van der Waals surface area contributed by atoms with Crippen molar-refractivity contribution in [3.63, 3.8) is 0 Å². The summed E-state index contributed by atoms with van der Waals surface area (Å²) in [7, 11) is 1.34. The smallest absolute Gasteiger partial charge is 0.281 e. The van der Waals surface area contributed by atoms with Crippen molar-refractivity contribution in [2.75, 3.05) is 26.0 Å². The van der Waals surface area contributed by atoms with Gasteiger partial charge >= 0.3 is 0 Å². The number of unbranched alkanes of at least 4 members (excludes halogenated alkanes) is 2. The number of para-hydroxylation sites is 1. The number of nitro groups is 1. The molecule has 2 aromatic heterocycles. The molecule has 1 radical (unpaired) electrons. The van der Waals surface area contributed by atoms with Gasteiger partial charge in [-0.05, 0) is 101 Å². The number of fused-ring (bicyclic) bond motifs is 1. The van der Waals surface area contributed by atoms with Gasteiger partial charge in [0.25, 0.3) is 16.8 Å². The molecule has 457 valence electrons. The second-order valence-electron chi connectivity index (χ2n) is 18.8. The van der Waals surface area contributed by atoms with Gasteiger partial charge in [0.2, 0.25) is 17.3 Å². The van der Waals surface area contributed by atoms with Gasteiger partial charge in [-0.3, -0.25) is 28.8 Å². The van der Waals surface area contributed by atoms with Gasteiger partial charge in [0.15, 0.2) is 17.3 Å². The molecule has 25 heteroatoms. The minimum absolute atomic E-state index is 0. The number of nitro benzene ring substituents is 1. The van der Waals surface area contributed by atoms with E-state index >= 15 is 0 Å². The van der Waals surface area contributed by atoms with E-state index in [9.17, 15) is 45.4 Å². The van der Waals surface area contributed by atoms with Crippen LogP contribution in [0.4, 0.5) is 45.5 Å². The van der Waals surface area contributed by atoms with E-state index in [1.165, 1.54) is 48.1 Å². The van der Waals surface area contributed by atoms with Crippen LogP contribution < -0.4 is 34.7 Å². The first-order valence-corrected chi connectivity index (χ1v) is 27.9. The molecule has 0 spiro atoms. The molecule has 85 heavy (non-hydrogen) atoms. The maximum atomic E-state index is 12.6. The number of rotatable bonds is 14. The number of nitrogens with zero attached hydrogens (tertiary/aromatic N) is 11. The van der Waals surface area contributed by atoms with Gasteiger partial charge in [-0.25, -0.2) is 23.5 Å². The molecule has 3 heterocycles. The molecule has 0 aliphatic carbocycles. The van der Waals surface area contributed by atoms with Crippen LogP contribution in [0.2, 0.25) is 0 Å². The van der Waals surface area contributed by atoms with Crippen LogP contribution in [0.5, 0.6) is 23.3 Å². The standard InChI is InChI=1S/C21H25N2.C18H20N4O3.C17H17N5O5.2C2H6.ClHO4.Co/c1-21(2)18-8-6-7-9-19(18)23(5)20(21)15-12-16-10-13-17(14-11-16)22(3)4;1-4-5-8-22-17(24)13(10-19)12(3)16(18(22)25)21-20-14-9-11(2)6-7-15(14)23;1-4-5-8-21-16(24)14(18-3)10(2)15(17(21)25)20-19-12-9-11(22(26)27)6-7-13(12)23;2*1-2;2-1(3,4)5;/h6-15H,1-5H3;6-7,9,23-24H,4-5,8H2,1-3H3;6-7,9,23-24H,4-5,8H2,1-2H3;2*1-2H3;(H,2,3,4,5);/q+1;;;;;;/p-1. The Hall–Kier alpha value is -8.59. The fourth-order valence-electron chi connectivity index (χ4n) is 8.14. The molecule has 0 saturated carbocycles. The molecule has 0 fully saturated rings. The maximum absolute atomic E-state index is 12.6. The van der Waals surface area contributed by atoms with Crippen LogP contribution in [-0.4, -0.2) is 65.9 Å². The third kappa shape index (κ3) is 20.3. The van der Waals surface area contributed by atoms with Crippen LogP contribution in [0.15, 0.2) is 121 Å². The van der Waals surface area contributed by atoms with Gasteiger partial charge in [0.05, 0.1) is 16.9 Å². The number of phenolic OH excluding ortho intramolecular Hbond substituents is 2. The molecule has 6 aromatic rings. The monoisotopic (exact) mass is 1230 g/mol. The second kappa shape index (κ2) is 34.9. The molecule has 23 nitrogen and oxygen atoms in total. The molecule has 4 N–H and O–H groups in total. The van der Waals surface area contributed by atoms with Crippen molar-refractivity contribution in [3.05, 3.63) is 167 Å². The number of aromatic hydroxyl groups is 4. The molecule has 0 amide bonds. The van der Waals surface area contributed by atoms with E-state index in [4.69, 9.17) is 25.2 Å². The van der Waals surface area contributed by atoms with E-state index in [2.05, 4.69) is 130 Å². The second-order valence-corrected chi connectivity index (χ2v) is 19.5. The first-order valence-electron chi connectivity index (χ1n) is 26.7. The number of aryl methyl sites for hydroxylation is 1. The minimum Gasteiger partial charge on any atom is -0.506 e. The predicted molar refractivity (Wildman–Crippen MR) is 314 cm³/mol. The van der Waals surface area contributed by atoms with Crippen molar-refractivity contribution in [3.8, 4) is 29.3 Å². The number of allylic oxidation sites excluding steroid dienone is 1. The Morgan fingerprint density at radius 2 is 1.24 bits per heavy atom. The molecular weight excluding hydrogens is 1160 g/mol. The molecule has 7 rings (SSSR count). The number of phenols is 2. The van der Waals surface area contributed by atoms with Gasteiger partial charge in [0.1, 0.15) is 47.2 Å². The first-order chi connectivity index (χ1) is 39.6. The van der Waals surface area contributed by atoms with Crippen LogP contribution in [-0.2, 0) is 35.3 Å². The summed E-state index contributed by atoms with van der Waals surface area (Å²) in [5, 5.41) is 75.6. The number of hydrogen-bond acceptors (Lipinski definition) is 18. The normalized spacial score (nSPS) is 11.9. The number of nitriles is 1. The summed E-state index contributed by atoms with van der Waals surface area (Å²) >= 11 is 0. The number of benzene rings is 4. The molecular formula is C60H74ClCoN11O12. The Morgan fingerprint density at radius 3 is 1.71 bits per heavy atom. The van der Waals surface area contributed by atoms with Crippen molar-refractivity contribution < 1.29 is 75.6 Å². The number of pyridine rings is 2. The van der Waals surface area contributed by atoms with Gasteiger partial charge < -0.3 is 25.3 Å². The van der Waals surface area contributed by atoms with E-state index in [1.54, 1.807) is 12.1 Å². The first kappa shape index (κ1) is 74.4. The number of azo groups is 2. The summed E-state index contributed by atoms with van der Waals surface area (Å²) in [6.07, 6.45) is 7.34. The Balaban J connectivity index is 0.000000592. The fourth-order valence-corrected chi connectivity index (χ4v) is 8.14. The van der Waals surface area contributed by atoms with E-state index in [1.807, 2.05) is 54.5 Å². The largest absolute Gasteiger partial charge is 0.506 e.